The predicted octanol–water partition coefficient (Wildman–Crippen LogP) is 1.52. The molecule has 2 heterocycles. The number of nitrogens with one attached hydrogen (secondary N) is 1. The number of aromatic nitrogens is 2. The second-order valence-electron chi connectivity index (χ2n) is 4.40. The summed E-state index contributed by atoms with van der Waals surface area (Å²) in [6.07, 6.45) is 3.03. The highest BCUT2D eigenvalue weighted by Crippen LogP contribution is 2.28. The monoisotopic (exact) mass is 290 g/mol. The van der Waals surface area contributed by atoms with Gasteiger partial charge in [-0.3, -0.25) is 19.2 Å². The van der Waals surface area contributed by atoms with Crippen molar-refractivity contribution in [2.45, 2.75) is 6.54 Å². The van der Waals surface area contributed by atoms with Crippen molar-refractivity contribution in [2.24, 2.45) is 0 Å². The molecule has 1 aromatic carbocycles. The molecule has 1 aromatic heterocycles. The van der Waals surface area contributed by atoms with Gasteiger partial charge in [0.2, 0.25) is 11.8 Å². The third kappa shape index (κ3) is 2.37. The van der Waals surface area contributed by atoms with Crippen LogP contribution in [-0.2, 0) is 16.1 Å². The van der Waals surface area contributed by atoms with E-state index in [4.69, 9.17) is 11.6 Å². The van der Waals surface area contributed by atoms with Gasteiger partial charge >= 0.3 is 0 Å². The molecule has 102 valence electrons. The molecule has 0 saturated heterocycles. The normalized spacial score (nSPS) is 13.8. The van der Waals surface area contributed by atoms with Crippen molar-refractivity contribution in [3.05, 3.63) is 41.7 Å². The maximum atomic E-state index is 12.3. The van der Waals surface area contributed by atoms with Crippen LogP contribution in [0.2, 0.25) is 5.02 Å². The summed E-state index contributed by atoms with van der Waals surface area (Å²) >= 11 is 5.76. The van der Waals surface area contributed by atoms with Crippen LogP contribution in [0.5, 0.6) is 0 Å². The third-order valence-electron chi connectivity index (χ3n) is 2.97. The molecule has 0 bridgehead atoms. The van der Waals surface area contributed by atoms with Crippen molar-refractivity contribution in [1.29, 1.82) is 0 Å². The standard InChI is InChI=1S/C13H11ClN4O2/c14-9-5-15-17(6-9)8-13(20)18-7-12(19)16-10-3-1-2-4-11(10)18/h1-6H,7-8H2,(H,16,19). The Hall–Kier alpha value is -2.34. The lowest BCUT2D eigenvalue weighted by Gasteiger charge is -2.29. The molecule has 0 atom stereocenters. The van der Waals surface area contributed by atoms with Crippen LogP contribution in [0.4, 0.5) is 11.4 Å². The molecule has 0 spiro atoms. The van der Waals surface area contributed by atoms with Crippen LogP contribution >= 0.6 is 11.6 Å². The van der Waals surface area contributed by atoms with Crippen molar-refractivity contribution >= 4 is 34.8 Å². The summed E-state index contributed by atoms with van der Waals surface area (Å²) in [6.45, 7) is 0.0409. The third-order valence-corrected chi connectivity index (χ3v) is 3.17. The molecule has 1 aliphatic heterocycles. The zero-order valence-electron chi connectivity index (χ0n) is 10.4. The van der Waals surface area contributed by atoms with Gasteiger partial charge in [-0.25, -0.2) is 0 Å². The first-order valence-corrected chi connectivity index (χ1v) is 6.38. The van der Waals surface area contributed by atoms with Gasteiger partial charge in [-0.15, -0.1) is 0 Å². The molecule has 0 unspecified atom stereocenters. The number of fused-ring (bicyclic) bond motifs is 1. The van der Waals surface area contributed by atoms with E-state index < -0.39 is 0 Å². The van der Waals surface area contributed by atoms with Gasteiger partial charge in [0.05, 0.1) is 22.6 Å². The van der Waals surface area contributed by atoms with E-state index in [0.29, 0.717) is 16.4 Å². The molecular weight excluding hydrogens is 280 g/mol. The highest BCUT2D eigenvalue weighted by atomic mass is 35.5. The van der Waals surface area contributed by atoms with E-state index in [1.807, 2.05) is 6.07 Å². The number of halogens is 1. The van der Waals surface area contributed by atoms with Crippen LogP contribution in [0, 0.1) is 0 Å². The van der Waals surface area contributed by atoms with E-state index >= 15 is 0 Å². The fraction of sp³-hybridized carbons (Fsp3) is 0.154. The van der Waals surface area contributed by atoms with Gasteiger partial charge in [0, 0.05) is 6.20 Å². The quantitative estimate of drug-likeness (QED) is 0.912. The minimum atomic E-state index is -0.216. The van der Waals surface area contributed by atoms with Crippen molar-refractivity contribution in [3.8, 4) is 0 Å². The van der Waals surface area contributed by atoms with Crippen LogP contribution in [0.1, 0.15) is 0 Å². The van der Waals surface area contributed by atoms with E-state index in [2.05, 4.69) is 10.4 Å². The Morgan fingerprint density at radius 2 is 2.20 bits per heavy atom. The SMILES string of the molecule is O=C1CN(C(=O)Cn2cc(Cl)cn2)c2ccccc2N1. The van der Waals surface area contributed by atoms with Crippen LogP contribution in [0.25, 0.3) is 0 Å². The van der Waals surface area contributed by atoms with Gasteiger partial charge in [0.15, 0.2) is 0 Å². The van der Waals surface area contributed by atoms with E-state index in [0.717, 1.165) is 0 Å². The highest BCUT2D eigenvalue weighted by Gasteiger charge is 2.26. The van der Waals surface area contributed by atoms with Crippen LogP contribution in [-0.4, -0.2) is 28.1 Å². The Bertz CT molecular complexity index is 683. The zero-order chi connectivity index (χ0) is 14.1. The zero-order valence-corrected chi connectivity index (χ0v) is 11.2. The lowest BCUT2D eigenvalue weighted by atomic mass is 10.2. The Labute approximate surface area is 119 Å². The van der Waals surface area contributed by atoms with E-state index in [-0.39, 0.29) is 24.9 Å². The Morgan fingerprint density at radius 3 is 2.95 bits per heavy atom. The Balaban J connectivity index is 1.86. The minimum Gasteiger partial charge on any atom is -0.323 e. The first-order valence-electron chi connectivity index (χ1n) is 6.01. The number of benzene rings is 1. The number of amides is 2. The Morgan fingerprint density at radius 1 is 1.40 bits per heavy atom. The summed E-state index contributed by atoms with van der Waals surface area (Å²) < 4.78 is 1.44. The number of nitrogens with zero attached hydrogens (tertiary/aromatic N) is 3. The van der Waals surface area contributed by atoms with E-state index in [1.54, 1.807) is 24.4 Å². The molecular formula is C13H11ClN4O2. The average molecular weight is 291 g/mol. The van der Waals surface area contributed by atoms with Crippen LogP contribution in [0.15, 0.2) is 36.7 Å². The van der Waals surface area contributed by atoms with E-state index in [9.17, 15) is 9.59 Å². The van der Waals surface area contributed by atoms with Crippen molar-refractivity contribution < 1.29 is 9.59 Å². The second-order valence-corrected chi connectivity index (χ2v) is 4.84. The lowest BCUT2D eigenvalue weighted by Crippen LogP contribution is -2.43. The number of anilines is 2. The molecule has 2 aromatic rings. The highest BCUT2D eigenvalue weighted by molar-refractivity contribution is 6.30. The average Bonchev–Trinajstić information content (AvgIpc) is 2.83. The molecule has 3 rings (SSSR count). The summed E-state index contributed by atoms with van der Waals surface area (Å²) in [7, 11) is 0. The largest absolute Gasteiger partial charge is 0.323 e. The fourth-order valence-electron chi connectivity index (χ4n) is 2.10. The molecule has 0 radical (unpaired) electrons. The number of rotatable bonds is 2. The van der Waals surface area contributed by atoms with Crippen molar-refractivity contribution in [1.82, 2.24) is 9.78 Å². The van der Waals surface area contributed by atoms with Crippen molar-refractivity contribution in [3.63, 3.8) is 0 Å². The number of carbonyl (C=O) groups excluding carboxylic acids is 2. The maximum Gasteiger partial charge on any atom is 0.249 e. The van der Waals surface area contributed by atoms with Crippen molar-refractivity contribution in [2.75, 3.05) is 16.8 Å². The van der Waals surface area contributed by atoms with Gasteiger partial charge in [0.1, 0.15) is 13.1 Å². The minimum absolute atomic E-state index is 0.00481. The summed E-state index contributed by atoms with van der Waals surface area (Å²) in [5.41, 5.74) is 1.32. The first kappa shape index (κ1) is 12.7. The summed E-state index contributed by atoms with van der Waals surface area (Å²) in [5, 5.41) is 7.17. The number of hydrogen-bond donors (Lipinski definition) is 1. The molecule has 20 heavy (non-hydrogen) atoms. The van der Waals surface area contributed by atoms with Gasteiger partial charge < -0.3 is 5.32 Å². The Kier molecular flexibility index (Phi) is 3.15. The molecule has 1 aliphatic rings. The molecule has 0 saturated carbocycles. The van der Waals surface area contributed by atoms with E-state index in [1.165, 1.54) is 15.8 Å². The smallest absolute Gasteiger partial charge is 0.249 e. The van der Waals surface area contributed by atoms with Gasteiger partial charge in [-0.2, -0.15) is 5.10 Å². The fourth-order valence-corrected chi connectivity index (χ4v) is 2.26. The maximum absolute atomic E-state index is 12.3. The van der Waals surface area contributed by atoms with Crippen LogP contribution < -0.4 is 10.2 Å². The van der Waals surface area contributed by atoms with Crippen LogP contribution in [0.3, 0.4) is 0 Å². The van der Waals surface area contributed by atoms with Gasteiger partial charge in [-0.1, -0.05) is 23.7 Å². The molecule has 7 heteroatoms. The lowest BCUT2D eigenvalue weighted by molar-refractivity contribution is -0.122. The first-order chi connectivity index (χ1) is 9.63. The molecule has 2 amide bonds. The predicted molar refractivity (Wildman–Crippen MR) is 74.7 cm³/mol. The molecule has 0 fully saturated rings. The van der Waals surface area contributed by atoms with Gasteiger partial charge in [-0.05, 0) is 12.1 Å². The summed E-state index contributed by atoms with van der Waals surface area (Å²) in [4.78, 5) is 25.4. The molecule has 6 nitrogen and oxygen atoms in total. The summed E-state index contributed by atoms with van der Waals surface area (Å²) in [6, 6.07) is 7.18. The second kappa shape index (κ2) is 4.97. The molecule has 1 N–H and O–H groups in total. The summed E-state index contributed by atoms with van der Waals surface area (Å²) in [5.74, 6) is -0.428. The number of carbonyl (C=O) groups is 2. The topological polar surface area (TPSA) is 67.2 Å². The number of hydrogen-bond acceptors (Lipinski definition) is 3. The molecule has 0 aliphatic carbocycles. The number of para-hydroxylation sites is 2. The van der Waals surface area contributed by atoms with Gasteiger partial charge in [0.25, 0.3) is 0 Å².